The smallest absolute Gasteiger partial charge is 0.319 e. The van der Waals surface area contributed by atoms with E-state index >= 15 is 0 Å². The number of hydrogen-bond acceptors (Lipinski definition) is 5. The molecule has 0 aliphatic carbocycles. The Kier molecular flexibility index (Phi) is 11.1. The lowest BCUT2D eigenvalue weighted by Gasteiger charge is -2.23. The maximum absolute atomic E-state index is 13.4. The molecule has 0 spiro atoms. The van der Waals surface area contributed by atoms with Crippen molar-refractivity contribution in [1.82, 2.24) is 15.1 Å². The van der Waals surface area contributed by atoms with Crippen LogP contribution < -0.4 is 25.0 Å². The lowest BCUT2D eigenvalue weighted by atomic mass is 10.1. The minimum absolute atomic E-state index is 0.0338. The van der Waals surface area contributed by atoms with Crippen LogP contribution in [0.4, 0.5) is 16.2 Å². The van der Waals surface area contributed by atoms with Gasteiger partial charge in [-0.05, 0) is 55.7 Å². The second-order valence-corrected chi connectivity index (χ2v) is 13.1. The van der Waals surface area contributed by atoms with Gasteiger partial charge in [0.1, 0.15) is 5.75 Å². The molecule has 0 unspecified atom stereocenters. The quantitative estimate of drug-likeness (QED) is 0.136. The molecule has 4 aromatic rings. The largest absolute Gasteiger partial charge is 0.493 e. The number of amides is 3. The van der Waals surface area contributed by atoms with E-state index in [0.29, 0.717) is 56.5 Å². The van der Waals surface area contributed by atoms with Crippen LogP contribution in [-0.2, 0) is 11.3 Å². The lowest BCUT2D eigenvalue weighted by molar-refractivity contribution is -0.869. The van der Waals surface area contributed by atoms with Crippen LogP contribution in [0.2, 0.25) is 5.02 Å². The molecule has 248 valence electrons. The molecule has 0 radical (unpaired) electrons. The number of hydrogen-bond donors (Lipinski definition) is 2. The Balaban J connectivity index is 1.22. The number of rotatable bonds is 12. The van der Waals surface area contributed by atoms with Crippen molar-refractivity contribution in [2.24, 2.45) is 0 Å². The monoisotopic (exact) mass is 659 g/mol. The zero-order valence-electron chi connectivity index (χ0n) is 27.6. The molecule has 1 aromatic heterocycles. The number of carbonyl (C=O) groups excluding carboxylic acids is 2. The molecule has 2 N–H and O–H groups in total. The number of carbonyl (C=O) groups is 2. The van der Waals surface area contributed by atoms with Gasteiger partial charge in [0, 0.05) is 46.6 Å². The molecule has 0 fully saturated rings. The van der Waals surface area contributed by atoms with E-state index < -0.39 is 0 Å². The van der Waals surface area contributed by atoms with Crippen LogP contribution >= 0.6 is 11.6 Å². The van der Waals surface area contributed by atoms with E-state index in [0.717, 1.165) is 56.8 Å². The average Bonchev–Trinajstić information content (AvgIpc) is 3.37. The van der Waals surface area contributed by atoms with Crippen LogP contribution in [0.5, 0.6) is 11.5 Å². The van der Waals surface area contributed by atoms with Crippen molar-refractivity contribution in [1.29, 1.82) is 0 Å². The molecule has 2 heterocycles. The summed E-state index contributed by atoms with van der Waals surface area (Å²) in [6.07, 6.45) is 5.46. The molecule has 0 saturated heterocycles. The summed E-state index contributed by atoms with van der Waals surface area (Å²) in [6, 6.07) is 19.0. The lowest BCUT2D eigenvalue weighted by Crippen LogP contribution is -2.42. The Labute approximate surface area is 281 Å². The third-order valence-electron chi connectivity index (χ3n) is 7.91. The second kappa shape index (κ2) is 15.4. The fourth-order valence-corrected chi connectivity index (χ4v) is 5.55. The Hall–Kier alpha value is -4.54. The highest BCUT2D eigenvalue weighted by atomic mass is 35.5. The van der Waals surface area contributed by atoms with E-state index in [9.17, 15) is 9.59 Å². The minimum Gasteiger partial charge on any atom is -0.493 e. The summed E-state index contributed by atoms with van der Waals surface area (Å²) in [7, 11) is 6.26. The summed E-state index contributed by atoms with van der Waals surface area (Å²) in [5.41, 5.74) is 5.16. The van der Waals surface area contributed by atoms with E-state index in [2.05, 4.69) is 36.9 Å². The number of nitrogens with one attached hydrogen (secondary N) is 2. The SMILES string of the molecule is Cc1c(Cl)cccc1OCCCC(=O)N1CCCOc2c(-c3cnn(Cc4cccc(NC(=O)NCC[N+](C)(C)C)c4)c3)cccc21. The maximum atomic E-state index is 13.4. The van der Waals surface area contributed by atoms with Crippen molar-refractivity contribution < 1.29 is 23.5 Å². The Bertz CT molecular complexity index is 1700. The predicted octanol–water partition coefficient (Wildman–Crippen LogP) is 6.36. The summed E-state index contributed by atoms with van der Waals surface area (Å²) in [5.74, 6) is 1.46. The molecule has 0 atom stereocenters. The first kappa shape index (κ1) is 33.8. The van der Waals surface area contributed by atoms with Gasteiger partial charge in [0.05, 0.1) is 65.9 Å². The van der Waals surface area contributed by atoms with Crippen molar-refractivity contribution in [2.45, 2.75) is 32.7 Å². The van der Waals surface area contributed by atoms with Gasteiger partial charge in [-0.1, -0.05) is 41.9 Å². The number of halogens is 1. The highest BCUT2D eigenvalue weighted by Crippen LogP contribution is 2.40. The number of anilines is 2. The number of urea groups is 1. The summed E-state index contributed by atoms with van der Waals surface area (Å²) in [5, 5.41) is 11.1. The van der Waals surface area contributed by atoms with Gasteiger partial charge < -0.3 is 29.5 Å². The molecular formula is C36H44ClN6O4+. The maximum Gasteiger partial charge on any atom is 0.319 e. The van der Waals surface area contributed by atoms with Crippen molar-refractivity contribution in [3.63, 3.8) is 0 Å². The molecule has 0 bridgehead atoms. The first-order chi connectivity index (χ1) is 22.6. The van der Waals surface area contributed by atoms with Crippen molar-refractivity contribution in [2.75, 3.05) is 64.2 Å². The van der Waals surface area contributed by atoms with E-state index in [-0.39, 0.29) is 11.9 Å². The van der Waals surface area contributed by atoms with E-state index in [1.807, 2.05) is 89.6 Å². The van der Waals surface area contributed by atoms with Crippen molar-refractivity contribution in [3.05, 3.63) is 89.2 Å². The van der Waals surface area contributed by atoms with Crippen LogP contribution in [0.1, 0.15) is 30.4 Å². The molecule has 0 saturated carbocycles. The summed E-state index contributed by atoms with van der Waals surface area (Å²) < 4.78 is 14.8. The number of benzene rings is 3. The number of para-hydroxylation sites is 1. The first-order valence-corrected chi connectivity index (χ1v) is 16.4. The Morgan fingerprint density at radius 2 is 1.89 bits per heavy atom. The third kappa shape index (κ3) is 9.27. The molecule has 3 aromatic carbocycles. The second-order valence-electron chi connectivity index (χ2n) is 12.7. The van der Waals surface area contributed by atoms with Crippen molar-refractivity contribution >= 4 is 34.9 Å². The summed E-state index contributed by atoms with van der Waals surface area (Å²) in [6.45, 7) is 5.39. The van der Waals surface area contributed by atoms with Crippen LogP contribution in [0, 0.1) is 6.92 Å². The number of nitrogens with zero attached hydrogens (tertiary/aromatic N) is 4. The van der Waals surface area contributed by atoms with Crippen LogP contribution in [0.3, 0.4) is 0 Å². The third-order valence-corrected chi connectivity index (χ3v) is 8.32. The first-order valence-electron chi connectivity index (χ1n) is 16.0. The van der Waals surface area contributed by atoms with Gasteiger partial charge in [0.15, 0.2) is 5.75 Å². The van der Waals surface area contributed by atoms with Gasteiger partial charge in [-0.3, -0.25) is 9.48 Å². The molecular weight excluding hydrogens is 616 g/mol. The number of ether oxygens (including phenoxy) is 2. The Morgan fingerprint density at radius 3 is 2.72 bits per heavy atom. The van der Waals surface area contributed by atoms with Gasteiger partial charge in [-0.25, -0.2) is 4.79 Å². The molecule has 5 rings (SSSR count). The van der Waals surface area contributed by atoms with Gasteiger partial charge in [0.2, 0.25) is 5.91 Å². The van der Waals surface area contributed by atoms with E-state index in [1.165, 1.54) is 0 Å². The minimum atomic E-state index is -0.227. The normalized spacial score (nSPS) is 12.9. The predicted molar refractivity (Wildman–Crippen MR) is 187 cm³/mol. The molecule has 1 aliphatic heterocycles. The zero-order valence-corrected chi connectivity index (χ0v) is 28.3. The topological polar surface area (TPSA) is 97.7 Å². The molecule has 11 heteroatoms. The fraction of sp³-hybridized carbons (Fsp3) is 0.361. The van der Waals surface area contributed by atoms with Gasteiger partial charge in [0.25, 0.3) is 0 Å². The zero-order chi connectivity index (χ0) is 33.4. The van der Waals surface area contributed by atoms with Crippen molar-refractivity contribution in [3.8, 4) is 22.6 Å². The molecule has 10 nitrogen and oxygen atoms in total. The van der Waals surface area contributed by atoms with Crippen LogP contribution in [-0.4, -0.2) is 80.2 Å². The van der Waals surface area contributed by atoms with E-state index in [1.54, 1.807) is 0 Å². The fourth-order valence-electron chi connectivity index (χ4n) is 5.38. The Morgan fingerprint density at radius 1 is 1.09 bits per heavy atom. The number of quaternary nitrogens is 1. The van der Waals surface area contributed by atoms with Crippen LogP contribution in [0.15, 0.2) is 73.1 Å². The summed E-state index contributed by atoms with van der Waals surface area (Å²) >= 11 is 6.21. The number of fused-ring (bicyclic) bond motifs is 1. The number of likely N-dealkylation sites (N-methyl/N-ethyl adjacent to an activating group) is 1. The highest BCUT2D eigenvalue weighted by Gasteiger charge is 2.25. The number of aromatic nitrogens is 2. The molecule has 47 heavy (non-hydrogen) atoms. The summed E-state index contributed by atoms with van der Waals surface area (Å²) in [4.78, 5) is 27.6. The highest BCUT2D eigenvalue weighted by molar-refractivity contribution is 6.31. The van der Waals surface area contributed by atoms with Gasteiger partial charge >= 0.3 is 6.03 Å². The average molecular weight is 660 g/mol. The van der Waals surface area contributed by atoms with Gasteiger partial charge in [-0.2, -0.15) is 5.10 Å². The van der Waals surface area contributed by atoms with Gasteiger partial charge in [-0.15, -0.1) is 0 Å². The standard InChI is InChI=1S/C36H43ClN6O4/c1-26-31(37)13-7-15-33(26)46-20-8-16-34(44)42-18-9-21-47-35-30(12-6-14-32(35)42)28-23-39-41(25-28)24-27-10-5-11-29(22-27)40-36(45)38-17-19-43(2,3)4/h5-7,10-15,22-23,25H,8-9,16-21,24H2,1-4H3,(H-,38,40,45)/p+1. The van der Waals surface area contributed by atoms with E-state index in [4.69, 9.17) is 21.1 Å². The molecule has 1 aliphatic rings. The van der Waals surface area contributed by atoms with Crippen LogP contribution in [0.25, 0.3) is 11.1 Å². The molecule has 3 amide bonds.